The minimum absolute atomic E-state index is 0. The third-order valence-electron chi connectivity index (χ3n) is 8.13. The van der Waals surface area contributed by atoms with Gasteiger partial charge in [-0.1, -0.05) is 25.0 Å². The predicted octanol–water partition coefficient (Wildman–Crippen LogP) is 5.44. The van der Waals surface area contributed by atoms with Crippen molar-refractivity contribution >= 4 is 36.8 Å². The molecule has 0 spiro atoms. The van der Waals surface area contributed by atoms with Crippen molar-refractivity contribution in [2.45, 2.75) is 69.0 Å². The van der Waals surface area contributed by atoms with Gasteiger partial charge in [-0.05, 0) is 81.4 Å². The number of likely N-dealkylation sites (tertiary alicyclic amines) is 1. The van der Waals surface area contributed by atoms with E-state index in [1.165, 1.54) is 57.2 Å². The maximum Gasteiger partial charge on any atom is 0.433 e. The monoisotopic (exact) mass is 563 g/mol. The summed E-state index contributed by atoms with van der Waals surface area (Å²) in [4.78, 5) is 33.4. The predicted molar refractivity (Wildman–Crippen MR) is 149 cm³/mol. The fourth-order valence-electron chi connectivity index (χ4n) is 6.18. The number of benzene rings is 1. The molecule has 3 amide bonds. The van der Waals surface area contributed by atoms with Gasteiger partial charge in [0.1, 0.15) is 11.7 Å². The fraction of sp³-hybridized carbons (Fsp3) is 0.536. The quantitative estimate of drug-likeness (QED) is 0.491. The van der Waals surface area contributed by atoms with Crippen LogP contribution in [0.25, 0.3) is 0 Å². The number of anilines is 2. The van der Waals surface area contributed by atoms with Crippen LogP contribution in [0.1, 0.15) is 62.6 Å². The molecule has 7 nitrogen and oxygen atoms in total. The molecule has 1 aromatic heterocycles. The zero-order chi connectivity index (χ0) is 26.8. The highest BCUT2D eigenvalue weighted by molar-refractivity contribution is 7.59. The Hall–Kier alpha value is -2.79. The minimum Gasteiger partial charge on any atom is -0.326 e. The molecule has 0 radical (unpaired) electrons. The first kappa shape index (κ1) is 29.2. The van der Waals surface area contributed by atoms with Crippen molar-refractivity contribution in [1.29, 1.82) is 0 Å². The van der Waals surface area contributed by atoms with Gasteiger partial charge in [0.05, 0.1) is 11.9 Å². The molecule has 3 aliphatic rings. The van der Waals surface area contributed by atoms with Gasteiger partial charge in [-0.15, -0.1) is 0 Å². The number of aromatic nitrogens is 1. The summed E-state index contributed by atoms with van der Waals surface area (Å²) in [5, 5.41) is 5.13. The zero-order valence-corrected chi connectivity index (χ0v) is 22.9. The number of carbonyl (C=O) groups is 2. The third-order valence-corrected chi connectivity index (χ3v) is 8.13. The van der Waals surface area contributed by atoms with Crippen LogP contribution in [0.15, 0.2) is 42.6 Å². The smallest absolute Gasteiger partial charge is 0.326 e. The summed E-state index contributed by atoms with van der Waals surface area (Å²) in [6, 6.07) is 8.94. The molecular formula is C28H36F3N5O2S. The first-order chi connectivity index (χ1) is 18.2. The molecule has 1 aliphatic carbocycles. The van der Waals surface area contributed by atoms with Crippen molar-refractivity contribution in [3.8, 4) is 0 Å². The normalized spacial score (nSPS) is 21.5. The number of alkyl halides is 3. The van der Waals surface area contributed by atoms with Crippen LogP contribution in [-0.4, -0.2) is 54.0 Å². The van der Waals surface area contributed by atoms with Crippen LogP contribution in [0.5, 0.6) is 0 Å². The van der Waals surface area contributed by atoms with E-state index in [9.17, 15) is 22.8 Å². The van der Waals surface area contributed by atoms with Gasteiger partial charge < -0.3 is 20.4 Å². The molecule has 1 saturated carbocycles. The second-order valence-corrected chi connectivity index (χ2v) is 10.7. The van der Waals surface area contributed by atoms with Crippen LogP contribution in [0.3, 0.4) is 0 Å². The highest BCUT2D eigenvalue weighted by Gasteiger charge is 2.38. The zero-order valence-electron chi connectivity index (χ0n) is 21.9. The second kappa shape index (κ2) is 12.2. The Morgan fingerprint density at radius 2 is 1.67 bits per heavy atom. The molecular weight excluding hydrogens is 527 g/mol. The van der Waals surface area contributed by atoms with Crippen LogP contribution in [0.4, 0.5) is 29.3 Å². The molecule has 2 N–H and O–H groups in total. The minimum atomic E-state index is -4.55. The van der Waals surface area contributed by atoms with Gasteiger partial charge in [-0.3, -0.25) is 4.79 Å². The number of amides is 3. The summed E-state index contributed by atoms with van der Waals surface area (Å²) in [5.41, 5.74) is 1.41. The SMILES string of the molecule is O=C(Nc1ccc(C(F)(F)F)nc1)N[C@H]1CCCN(c2ccc(C3(CN4CCCC4)CCCC3)cc2)C1=O.S. The molecule has 2 aliphatic heterocycles. The molecule has 11 heteroatoms. The Morgan fingerprint density at radius 1 is 0.974 bits per heavy atom. The van der Waals surface area contributed by atoms with Crippen molar-refractivity contribution in [3.05, 3.63) is 53.9 Å². The molecule has 1 aromatic carbocycles. The first-order valence-electron chi connectivity index (χ1n) is 13.5. The van der Waals surface area contributed by atoms with Gasteiger partial charge in [0.25, 0.3) is 0 Å². The second-order valence-electron chi connectivity index (χ2n) is 10.7. The number of nitrogens with zero attached hydrogens (tertiary/aromatic N) is 3. The molecule has 2 saturated heterocycles. The summed E-state index contributed by atoms with van der Waals surface area (Å²) < 4.78 is 38.1. The maximum atomic E-state index is 13.2. The van der Waals surface area contributed by atoms with Gasteiger partial charge in [0.2, 0.25) is 5.91 Å². The largest absolute Gasteiger partial charge is 0.433 e. The van der Waals surface area contributed by atoms with Crippen molar-refractivity contribution in [1.82, 2.24) is 15.2 Å². The number of nitrogens with one attached hydrogen (secondary N) is 2. The van der Waals surface area contributed by atoms with Gasteiger partial charge in [0, 0.05) is 24.2 Å². The number of pyridine rings is 1. The third kappa shape index (κ3) is 6.69. The Kier molecular flexibility index (Phi) is 9.10. The topological polar surface area (TPSA) is 77.6 Å². The molecule has 3 heterocycles. The molecule has 3 fully saturated rings. The van der Waals surface area contributed by atoms with Crippen molar-refractivity contribution in [3.63, 3.8) is 0 Å². The molecule has 5 rings (SSSR count). The Balaban J connectivity index is 0.00000353. The van der Waals surface area contributed by atoms with Crippen molar-refractivity contribution in [2.75, 3.05) is 36.4 Å². The summed E-state index contributed by atoms with van der Waals surface area (Å²) in [6.45, 7) is 4.03. The summed E-state index contributed by atoms with van der Waals surface area (Å²) in [5.74, 6) is -0.197. The lowest BCUT2D eigenvalue weighted by Gasteiger charge is -2.35. The van der Waals surface area contributed by atoms with E-state index in [1.54, 1.807) is 4.90 Å². The maximum absolute atomic E-state index is 13.2. The van der Waals surface area contributed by atoms with Crippen LogP contribution < -0.4 is 15.5 Å². The highest BCUT2D eigenvalue weighted by Crippen LogP contribution is 2.43. The molecule has 1 atom stereocenters. The summed E-state index contributed by atoms with van der Waals surface area (Å²) in [7, 11) is 0. The first-order valence-corrected chi connectivity index (χ1v) is 13.5. The van der Waals surface area contributed by atoms with Crippen molar-refractivity contribution in [2.24, 2.45) is 0 Å². The number of hydrogen-bond acceptors (Lipinski definition) is 4. The average molecular weight is 564 g/mol. The van der Waals surface area contributed by atoms with E-state index in [-0.39, 0.29) is 30.5 Å². The van der Waals surface area contributed by atoms with E-state index in [0.29, 0.717) is 13.0 Å². The molecule has 0 bridgehead atoms. The van der Waals surface area contributed by atoms with E-state index in [4.69, 9.17) is 0 Å². The van der Waals surface area contributed by atoms with Gasteiger partial charge >= 0.3 is 12.2 Å². The van der Waals surface area contributed by atoms with Gasteiger partial charge in [-0.2, -0.15) is 26.7 Å². The number of urea groups is 1. The summed E-state index contributed by atoms with van der Waals surface area (Å²) >= 11 is 0. The van der Waals surface area contributed by atoms with Crippen LogP contribution in [0.2, 0.25) is 0 Å². The lowest BCUT2D eigenvalue weighted by Crippen LogP contribution is -2.53. The van der Waals surface area contributed by atoms with Crippen LogP contribution >= 0.6 is 13.5 Å². The van der Waals surface area contributed by atoms with E-state index in [1.807, 2.05) is 12.1 Å². The number of halogens is 3. The number of hydrogen-bond donors (Lipinski definition) is 2. The molecule has 39 heavy (non-hydrogen) atoms. The van der Waals surface area contributed by atoms with E-state index in [2.05, 4.69) is 32.7 Å². The lowest BCUT2D eigenvalue weighted by atomic mass is 9.78. The summed E-state index contributed by atoms with van der Waals surface area (Å²) in [6.07, 6.45) is 5.05. The van der Waals surface area contributed by atoms with Gasteiger partial charge in [-0.25, -0.2) is 9.78 Å². The van der Waals surface area contributed by atoms with Crippen LogP contribution in [0, 0.1) is 0 Å². The Labute approximate surface area is 234 Å². The van der Waals surface area contributed by atoms with Crippen molar-refractivity contribution < 1.29 is 22.8 Å². The Bertz CT molecular complexity index is 1130. The van der Waals surface area contributed by atoms with Crippen LogP contribution in [-0.2, 0) is 16.4 Å². The standard InChI is InChI=1S/C28H34F3N5O2.H2S/c29-28(30,31)24-12-9-21(18-32-24)33-26(38)34-23-6-5-17-36(25(23)37)22-10-7-20(8-11-22)27(13-1-2-14-27)19-35-15-3-4-16-35;/h7-12,18,23H,1-6,13-17,19H2,(H2,33,34,38);1H2/t23-;/m0./s1. The van der Waals surface area contributed by atoms with E-state index in [0.717, 1.165) is 37.0 Å². The average Bonchev–Trinajstić information content (AvgIpc) is 3.59. The number of rotatable bonds is 6. The lowest BCUT2D eigenvalue weighted by molar-refractivity contribution is -0.141. The molecule has 2 aromatic rings. The number of piperidine rings is 1. The fourth-order valence-corrected chi connectivity index (χ4v) is 6.18. The molecule has 212 valence electrons. The molecule has 0 unspecified atom stereocenters. The van der Waals surface area contributed by atoms with E-state index < -0.39 is 23.9 Å². The highest BCUT2D eigenvalue weighted by atomic mass is 32.1. The Morgan fingerprint density at radius 3 is 2.28 bits per heavy atom. The number of carbonyl (C=O) groups excluding carboxylic acids is 2. The van der Waals surface area contributed by atoms with E-state index >= 15 is 0 Å². The van der Waals surface area contributed by atoms with Gasteiger partial charge in [0.15, 0.2) is 0 Å².